The molecule has 0 radical (unpaired) electrons. The topological polar surface area (TPSA) is 40.5 Å². The molecule has 17 heavy (non-hydrogen) atoms. The summed E-state index contributed by atoms with van der Waals surface area (Å²) in [5.74, 6) is -0.0172. The second kappa shape index (κ2) is 5.15. The van der Waals surface area contributed by atoms with E-state index in [9.17, 15) is 10.0 Å². The molecule has 0 saturated heterocycles. The van der Waals surface area contributed by atoms with Crippen LogP contribution >= 0.6 is 0 Å². The molecule has 0 fully saturated rings. The number of nitrogens with zero attached hydrogens (tertiary/aromatic N) is 1. The number of hydrogen-bond donors (Lipinski definition) is 1. The molecule has 0 aromatic heterocycles. The van der Waals surface area contributed by atoms with Gasteiger partial charge in [0.2, 0.25) is 0 Å². The number of amides is 1. The Bertz CT molecular complexity index is 413. The molecule has 0 bridgehead atoms. The van der Waals surface area contributed by atoms with Gasteiger partial charge >= 0.3 is 0 Å². The van der Waals surface area contributed by atoms with E-state index in [1.165, 1.54) is 0 Å². The van der Waals surface area contributed by atoms with Gasteiger partial charge in [-0.15, -0.1) is 0 Å². The minimum absolute atomic E-state index is 0.105. The zero-order valence-corrected chi connectivity index (χ0v) is 9.91. The van der Waals surface area contributed by atoms with Crippen LogP contribution in [0.5, 0.6) is 0 Å². The van der Waals surface area contributed by atoms with Crippen molar-refractivity contribution in [3.63, 3.8) is 0 Å². The van der Waals surface area contributed by atoms with E-state index in [1.54, 1.807) is 0 Å². The first kappa shape index (κ1) is 11.9. The van der Waals surface area contributed by atoms with Crippen LogP contribution in [0.25, 0.3) is 0 Å². The number of hydroxylamine groups is 2. The van der Waals surface area contributed by atoms with Gasteiger partial charge in [0, 0.05) is 0 Å². The summed E-state index contributed by atoms with van der Waals surface area (Å²) in [6.45, 7) is 2.01. The van der Waals surface area contributed by atoms with Gasteiger partial charge in [0.1, 0.15) is 0 Å². The predicted octanol–water partition coefficient (Wildman–Crippen LogP) is 2.41. The fourth-order valence-electron chi connectivity index (χ4n) is 2.13. The van der Waals surface area contributed by atoms with Crippen LogP contribution in [-0.4, -0.2) is 22.2 Å². The summed E-state index contributed by atoms with van der Waals surface area (Å²) in [4.78, 5) is 11.9. The third kappa shape index (κ3) is 2.74. The number of rotatable bonds is 3. The lowest BCUT2D eigenvalue weighted by Crippen LogP contribution is -2.40. The van der Waals surface area contributed by atoms with E-state index in [0.717, 1.165) is 17.0 Å². The van der Waals surface area contributed by atoms with Crippen molar-refractivity contribution in [3.8, 4) is 0 Å². The zero-order valence-electron chi connectivity index (χ0n) is 9.91. The monoisotopic (exact) mass is 231 g/mol. The number of carbonyl (C=O) groups is 1. The van der Waals surface area contributed by atoms with Crippen molar-refractivity contribution in [2.75, 3.05) is 0 Å². The Morgan fingerprint density at radius 2 is 2.12 bits per heavy atom. The number of hydrogen-bond acceptors (Lipinski definition) is 2. The molecule has 1 N–H and O–H groups in total. The average Bonchev–Trinajstić information content (AvgIpc) is 2.76. The summed E-state index contributed by atoms with van der Waals surface area (Å²) in [7, 11) is 0. The second-order valence-corrected chi connectivity index (χ2v) is 4.49. The summed E-state index contributed by atoms with van der Waals surface area (Å²) >= 11 is 0. The van der Waals surface area contributed by atoms with Gasteiger partial charge in [-0.05, 0) is 17.9 Å². The van der Waals surface area contributed by atoms with E-state index in [-0.39, 0.29) is 24.3 Å². The van der Waals surface area contributed by atoms with Crippen LogP contribution in [0.1, 0.15) is 18.9 Å². The maximum atomic E-state index is 11.9. The van der Waals surface area contributed by atoms with Crippen molar-refractivity contribution in [3.05, 3.63) is 48.0 Å². The summed E-state index contributed by atoms with van der Waals surface area (Å²) in [5, 5.41) is 10.8. The molecule has 2 rings (SSSR count). The number of benzene rings is 1. The fourth-order valence-corrected chi connectivity index (χ4v) is 2.13. The Morgan fingerprint density at radius 3 is 2.71 bits per heavy atom. The third-order valence-electron chi connectivity index (χ3n) is 3.19. The standard InChI is InChI=1S/C14H17NO2/c1-11-6-5-9-13(11)15(17)14(16)10-12-7-3-2-4-8-12/h2-8,11,13,17H,9-10H2,1H3/t11-,13-/m0/s1. The van der Waals surface area contributed by atoms with Gasteiger partial charge in [-0.1, -0.05) is 49.4 Å². The number of carbonyl (C=O) groups excluding carboxylic acids is 1. The van der Waals surface area contributed by atoms with E-state index < -0.39 is 0 Å². The van der Waals surface area contributed by atoms with Gasteiger partial charge in [-0.2, -0.15) is 0 Å². The first-order valence-electron chi connectivity index (χ1n) is 5.90. The van der Waals surface area contributed by atoms with E-state index in [0.29, 0.717) is 0 Å². The molecular weight excluding hydrogens is 214 g/mol. The van der Waals surface area contributed by atoms with Gasteiger partial charge < -0.3 is 0 Å². The van der Waals surface area contributed by atoms with Crippen molar-refractivity contribution < 1.29 is 10.0 Å². The summed E-state index contributed by atoms with van der Waals surface area (Å²) in [5.41, 5.74) is 0.926. The van der Waals surface area contributed by atoms with E-state index in [2.05, 4.69) is 0 Å². The summed E-state index contributed by atoms with van der Waals surface area (Å²) < 4.78 is 0. The normalized spacial score (nSPS) is 22.7. The lowest BCUT2D eigenvalue weighted by Gasteiger charge is -2.25. The van der Waals surface area contributed by atoms with Crippen LogP contribution < -0.4 is 0 Å². The third-order valence-corrected chi connectivity index (χ3v) is 3.19. The highest BCUT2D eigenvalue weighted by atomic mass is 16.5. The molecular formula is C14H17NO2. The van der Waals surface area contributed by atoms with Crippen LogP contribution in [0.2, 0.25) is 0 Å². The van der Waals surface area contributed by atoms with Crippen molar-refractivity contribution >= 4 is 5.91 Å². The van der Waals surface area contributed by atoms with E-state index in [4.69, 9.17) is 0 Å². The molecule has 0 unspecified atom stereocenters. The summed E-state index contributed by atoms with van der Waals surface area (Å²) in [6.07, 6.45) is 5.02. The lowest BCUT2D eigenvalue weighted by atomic mass is 10.0. The van der Waals surface area contributed by atoms with Gasteiger partial charge in [-0.3, -0.25) is 10.0 Å². The molecule has 0 spiro atoms. The van der Waals surface area contributed by atoms with Crippen LogP contribution in [0.4, 0.5) is 0 Å². The SMILES string of the molecule is C[C@H]1C=CC[C@@H]1N(O)C(=O)Cc1ccccc1. The van der Waals surface area contributed by atoms with Gasteiger partial charge in [0.25, 0.3) is 5.91 Å². The van der Waals surface area contributed by atoms with Crippen molar-refractivity contribution in [2.45, 2.75) is 25.8 Å². The van der Waals surface area contributed by atoms with E-state index >= 15 is 0 Å². The molecule has 1 aromatic rings. The molecule has 3 heteroatoms. The smallest absolute Gasteiger partial charge is 0.250 e. The Hall–Kier alpha value is -1.61. The van der Waals surface area contributed by atoms with Crippen LogP contribution in [0.15, 0.2) is 42.5 Å². The van der Waals surface area contributed by atoms with Crippen molar-refractivity contribution in [1.29, 1.82) is 0 Å². The van der Waals surface area contributed by atoms with E-state index in [1.807, 2.05) is 49.4 Å². The molecule has 1 amide bonds. The average molecular weight is 231 g/mol. The maximum Gasteiger partial charge on any atom is 0.250 e. The Labute approximate surface area is 101 Å². The first-order chi connectivity index (χ1) is 8.18. The fraction of sp³-hybridized carbons (Fsp3) is 0.357. The highest BCUT2D eigenvalue weighted by Gasteiger charge is 2.28. The molecule has 1 aliphatic rings. The molecule has 0 heterocycles. The minimum Gasteiger partial charge on any atom is -0.286 e. The first-order valence-corrected chi connectivity index (χ1v) is 5.90. The van der Waals surface area contributed by atoms with Crippen LogP contribution in [-0.2, 0) is 11.2 Å². The second-order valence-electron chi connectivity index (χ2n) is 4.49. The zero-order chi connectivity index (χ0) is 12.3. The minimum atomic E-state index is -0.239. The summed E-state index contributed by atoms with van der Waals surface area (Å²) in [6, 6.07) is 9.37. The molecule has 1 aliphatic carbocycles. The van der Waals surface area contributed by atoms with Gasteiger partial charge in [0.15, 0.2) is 0 Å². The molecule has 90 valence electrons. The largest absolute Gasteiger partial charge is 0.286 e. The molecule has 0 saturated carbocycles. The Morgan fingerprint density at radius 1 is 1.41 bits per heavy atom. The van der Waals surface area contributed by atoms with Crippen LogP contribution in [0, 0.1) is 5.92 Å². The van der Waals surface area contributed by atoms with Crippen LogP contribution in [0.3, 0.4) is 0 Å². The highest BCUT2D eigenvalue weighted by Crippen LogP contribution is 2.22. The molecule has 2 atom stereocenters. The highest BCUT2D eigenvalue weighted by molar-refractivity contribution is 5.78. The Balaban J connectivity index is 1.96. The molecule has 1 aromatic carbocycles. The quantitative estimate of drug-likeness (QED) is 0.493. The van der Waals surface area contributed by atoms with Gasteiger partial charge in [-0.25, -0.2) is 5.06 Å². The van der Waals surface area contributed by atoms with Crippen molar-refractivity contribution in [2.24, 2.45) is 5.92 Å². The maximum absolute atomic E-state index is 11.9. The van der Waals surface area contributed by atoms with Gasteiger partial charge in [0.05, 0.1) is 12.5 Å². The lowest BCUT2D eigenvalue weighted by molar-refractivity contribution is -0.177. The predicted molar refractivity (Wildman–Crippen MR) is 65.5 cm³/mol. The molecule has 0 aliphatic heterocycles. The molecule has 3 nitrogen and oxygen atoms in total. The van der Waals surface area contributed by atoms with Crippen molar-refractivity contribution in [1.82, 2.24) is 5.06 Å². The Kier molecular flexibility index (Phi) is 3.59.